The molecule has 0 aliphatic heterocycles. The molecular formula is C16H13BrN2. The van der Waals surface area contributed by atoms with Crippen LogP contribution in [0.3, 0.4) is 0 Å². The lowest BCUT2D eigenvalue weighted by Crippen LogP contribution is -1.85. The highest BCUT2D eigenvalue weighted by molar-refractivity contribution is 9.10. The molecule has 0 saturated heterocycles. The fourth-order valence-corrected chi connectivity index (χ4v) is 2.41. The summed E-state index contributed by atoms with van der Waals surface area (Å²) in [6.07, 6.45) is 0. The second-order valence-electron chi connectivity index (χ2n) is 4.49. The second-order valence-corrected chi connectivity index (χ2v) is 5.40. The van der Waals surface area contributed by atoms with Crippen molar-refractivity contribution in [1.82, 2.24) is 10.2 Å². The molecule has 0 radical (unpaired) electrons. The molecule has 0 spiro atoms. The predicted molar refractivity (Wildman–Crippen MR) is 81.9 cm³/mol. The van der Waals surface area contributed by atoms with E-state index >= 15 is 0 Å². The Bertz CT molecular complexity index is 699. The van der Waals surface area contributed by atoms with Crippen LogP contribution in [0.4, 0.5) is 0 Å². The van der Waals surface area contributed by atoms with Crippen LogP contribution in [-0.2, 0) is 0 Å². The summed E-state index contributed by atoms with van der Waals surface area (Å²) >= 11 is 3.47. The molecular weight excluding hydrogens is 300 g/mol. The average Bonchev–Trinajstić information content (AvgIpc) is 2.86. The number of aryl methyl sites for hydroxylation is 1. The van der Waals surface area contributed by atoms with Gasteiger partial charge in [-0.2, -0.15) is 5.10 Å². The van der Waals surface area contributed by atoms with Crippen LogP contribution in [0.5, 0.6) is 0 Å². The summed E-state index contributed by atoms with van der Waals surface area (Å²) < 4.78 is 1.09. The maximum atomic E-state index is 4.36. The first-order chi connectivity index (χ1) is 9.24. The summed E-state index contributed by atoms with van der Waals surface area (Å²) in [7, 11) is 0. The van der Waals surface area contributed by atoms with Gasteiger partial charge in [-0.1, -0.05) is 52.3 Å². The summed E-state index contributed by atoms with van der Waals surface area (Å²) in [4.78, 5) is 0. The van der Waals surface area contributed by atoms with Gasteiger partial charge in [-0.05, 0) is 36.2 Å². The molecule has 2 aromatic carbocycles. The molecule has 3 aromatic rings. The zero-order valence-electron chi connectivity index (χ0n) is 10.5. The molecule has 0 bridgehead atoms. The van der Waals surface area contributed by atoms with Crippen LogP contribution in [0, 0.1) is 6.92 Å². The number of benzene rings is 2. The maximum Gasteiger partial charge on any atom is 0.0929 e. The number of aromatic amines is 1. The van der Waals surface area contributed by atoms with E-state index in [0.717, 1.165) is 21.4 Å². The third kappa shape index (κ3) is 2.47. The first-order valence-electron chi connectivity index (χ1n) is 6.11. The normalized spacial score (nSPS) is 10.6. The lowest BCUT2D eigenvalue weighted by molar-refractivity contribution is 1.05. The molecule has 0 aliphatic carbocycles. The summed E-state index contributed by atoms with van der Waals surface area (Å²) in [5.41, 5.74) is 5.59. The van der Waals surface area contributed by atoms with Crippen molar-refractivity contribution in [1.29, 1.82) is 0 Å². The van der Waals surface area contributed by atoms with Crippen LogP contribution >= 0.6 is 15.9 Å². The van der Waals surface area contributed by atoms with E-state index < -0.39 is 0 Å². The van der Waals surface area contributed by atoms with E-state index in [1.54, 1.807) is 0 Å². The molecule has 0 aliphatic rings. The fourth-order valence-electron chi connectivity index (χ4n) is 2.14. The Kier molecular flexibility index (Phi) is 3.22. The Balaban J connectivity index is 2.14. The Morgan fingerprint density at radius 3 is 2.26 bits per heavy atom. The molecule has 1 heterocycles. The largest absolute Gasteiger partial charge is 0.282 e. The average molecular weight is 313 g/mol. The molecule has 19 heavy (non-hydrogen) atoms. The van der Waals surface area contributed by atoms with Crippen molar-refractivity contribution < 1.29 is 0 Å². The molecule has 3 heteroatoms. The minimum Gasteiger partial charge on any atom is -0.282 e. The quantitative estimate of drug-likeness (QED) is 0.722. The van der Waals surface area contributed by atoms with Gasteiger partial charge < -0.3 is 0 Å². The monoisotopic (exact) mass is 312 g/mol. The summed E-state index contributed by atoms with van der Waals surface area (Å²) in [6, 6.07) is 18.7. The van der Waals surface area contributed by atoms with Crippen molar-refractivity contribution >= 4 is 15.9 Å². The third-order valence-electron chi connectivity index (χ3n) is 3.06. The summed E-state index contributed by atoms with van der Waals surface area (Å²) in [5, 5.41) is 7.35. The van der Waals surface area contributed by atoms with Gasteiger partial charge in [-0.3, -0.25) is 5.10 Å². The standard InChI is InChI=1S/C16H13BrN2/c1-11-10-16(19-18-11)15-5-3-2-4-14(15)12-6-8-13(17)9-7-12/h2-10H,1H3,(H,18,19). The summed E-state index contributed by atoms with van der Waals surface area (Å²) in [5.74, 6) is 0. The molecule has 0 amide bonds. The van der Waals surface area contributed by atoms with Gasteiger partial charge in [-0.15, -0.1) is 0 Å². The van der Waals surface area contributed by atoms with Crippen LogP contribution in [0.15, 0.2) is 59.1 Å². The van der Waals surface area contributed by atoms with Crippen molar-refractivity contribution in [2.45, 2.75) is 6.92 Å². The number of hydrogen-bond acceptors (Lipinski definition) is 1. The fraction of sp³-hybridized carbons (Fsp3) is 0.0625. The SMILES string of the molecule is Cc1cc(-c2ccccc2-c2ccc(Br)cc2)n[nH]1. The van der Waals surface area contributed by atoms with Crippen LogP contribution in [-0.4, -0.2) is 10.2 Å². The van der Waals surface area contributed by atoms with Crippen LogP contribution in [0.1, 0.15) is 5.69 Å². The van der Waals surface area contributed by atoms with Gasteiger partial charge in [0.05, 0.1) is 5.69 Å². The first kappa shape index (κ1) is 12.2. The first-order valence-corrected chi connectivity index (χ1v) is 6.91. The second kappa shape index (κ2) is 5.02. The van der Waals surface area contributed by atoms with Crippen LogP contribution < -0.4 is 0 Å². The molecule has 2 nitrogen and oxygen atoms in total. The number of rotatable bonds is 2. The Morgan fingerprint density at radius 2 is 1.63 bits per heavy atom. The highest BCUT2D eigenvalue weighted by Crippen LogP contribution is 2.31. The van der Waals surface area contributed by atoms with Gasteiger partial charge in [-0.25, -0.2) is 0 Å². The molecule has 1 aromatic heterocycles. The molecule has 0 unspecified atom stereocenters. The zero-order chi connectivity index (χ0) is 13.2. The lowest BCUT2D eigenvalue weighted by Gasteiger charge is -2.07. The van der Waals surface area contributed by atoms with Crippen molar-refractivity contribution in [3.8, 4) is 22.4 Å². The lowest BCUT2D eigenvalue weighted by atomic mass is 9.98. The third-order valence-corrected chi connectivity index (χ3v) is 3.59. The van der Waals surface area contributed by atoms with Crippen molar-refractivity contribution in [2.75, 3.05) is 0 Å². The van der Waals surface area contributed by atoms with Gasteiger partial charge >= 0.3 is 0 Å². The smallest absolute Gasteiger partial charge is 0.0929 e. The molecule has 3 rings (SSSR count). The van der Waals surface area contributed by atoms with E-state index in [1.165, 1.54) is 11.1 Å². The van der Waals surface area contributed by atoms with Gasteiger partial charge in [0.25, 0.3) is 0 Å². The van der Waals surface area contributed by atoms with E-state index in [1.807, 2.05) is 13.0 Å². The van der Waals surface area contributed by atoms with Crippen molar-refractivity contribution in [2.24, 2.45) is 0 Å². The van der Waals surface area contributed by atoms with Crippen LogP contribution in [0.2, 0.25) is 0 Å². The van der Waals surface area contributed by atoms with Gasteiger partial charge in [0.1, 0.15) is 0 Å². The number of halogens is 1. The van der Waals surface area contributed by atoms with Gasteiger partial charge in [0.15, 0.2) is 0 Å². The number of H-pyrrole nitrogens is 1. The van der Waals surface area contributed by atoms with E-state index in [9.17, 15) is 0 Å². The highest BCUT2D eigenvalue weighted by atomic mass is 79.9. The van der Waals surface area contributed by atoms with E-state index in [0.29, 0.717) is 0 Å². The Hall–Kier alpha value is -1.87. The number of hydrogen-bond donors (Lipinski definition) is 1. The molecule has 0 fully saturated rings. The molecule has 1 N–H and O–H groups in total. The number of nitrogens with one attached hydrogen (secondary N) is 1. The van der Waals surface area contributed by atoms with Crippen molar-refractivity contribution in [3.63, 3.8) is 0 Å². The van der Waals surface area contributed by atoms with Gasteiger partial charge in [0.2, 0.25) is 0 Å². The predicted octanol–water partition coefficient (Wildman–Crippen LogP) is 4.81. The van der Waals surface area contributed by atoms with E-state index in [2.05, 4.69) is 74.7 Å². The maximum absolute atomic E-state index is 4.36. The Morgan fingerprint density at radius 1 is 0.947 bits per heavy atom. The van der Waals surface area contributed by atoms with Crippen LogP contribution in [0.25, 0.3) is 22.4 Å². The Labute approximate surface area is 120 Å². The van der Waals surface area contributed by atoms with E-state index in [-0.39, 0.29) is 0 Å². The molecule has 94 valence electrons. The number of aromatic nitrogens is 2. The minimum atomic E-state index is 0.982. The zero-order valence-corrected chi connectivity index (χ0v) is 12.1. The topological polar surface area (TPSA) is 28.7 Å². The highest BCUT2D eigenvalue weighted by Gasteiger charge is 2.09. The van der Waals surface area contributed by atoms with Gasteiger partial charge in [0, 0.05) is 15.7 Å². The van der Waals surface area contributed by atoms with Crippen molar-refractivity contribution in [3.05, 3.63) is 64.8 Å². The van der Waals surface area contributed by atoms with E-state index in [4.69, 9.17) is 0 Å². The number of nitrogens with zero attached hydrogens (tertiary/aromatic N) is 1. The minimum absolute atomic E-state index is 0.982. The summed E-state index contributed by atoms with van der Waals surface area (Å²) in [6.45, 7) is 2.01. The molecule has 0 atom stereocenters. The molecule has 0 saturated carbocycles.